The lowest BCUT2D eigenvalue weighted by Gasteiger charge is -2.56. The van der Waals surface area contributed by atoms with Crippen LogP contribution in [0.4, 0.5) is 0 Å². The molecule has 0 saturated carbocycles. The van der Waals surface area contributed by atoms with Crippen LogP contribution in [0.25, 0.3) is 0 Å². The molecule has 3 fully saturated rings. The summed E-state index contributed by atoms with van der Waals surface area (Å²) in [5.74, 6) is -0.0870. The number of rotatable bonds is 11. The van der Waals surface area contributed by atoms with Gasteiger partial charge in [-0.3, -0.25) is 14.5 Å². The van der Waals surface area contributed by atoms with Gasteiger partial charge < -0.3 is 20.5 Å². The zero-order chi connectivity index (χ0) is 28.9. The van der Waals surface area contributed by atoms with E-state index in [1.54, 1.807) is 7.11 Å². The number of hydrogen-bond donors (Lipinski definition) is 3. The number of methoxy groups -OCH3 is 1. The van der Waals surface area contributed by atoms with Crippen LogP contribution in [0.2, 0.25) is 0 Å². The fraction of sp³-hybridized carbons (Fsp3) is 0.412. The Labute approximate surface area is 242 Å². The van der Waals surface area contributed by atoms with Crippen molar-refractivity contribution in [1.82, 2.24) is 15.5 Å². The first-order chi connectivity index (χ1) is 19.9. The van der Waals surface area contributed by atoms with Crippen molar-refractivity contribution < 1.29 is 19.4 Å². The Balaban J connectivity index is 1.53. The van der Waals surface area contributed by atoms with E-state index in [9.17, 15) is 14.7 Å². The first-order valence-electron chi connectivity index (χ1n) is 14.6. The predicted molar refractivity (Wildman–Crippen MR) is 160 cm³/mol. The van der Waals surface area contributed by atoms with Gasteiger partial charge in [0.15, 0.2) is 0 Å². The molecule has 1 unspecified atom stereocenters. The molecule has 3 saturated heterocycles. The monoisotopic (exact) mass is 555 g/mol. The Morgan fingerprint density at radius 3 is 2.22 bits per heavy atom. The van der Waals surface area contributed by atoms with E-state index in [2.05, 4.69) is 90.0 Å². The predicted octanol–water partition coefficient (Wildman–Crippen LogP) is 4.63. The fourth-order valence-corrected chi connectivity index (χ4v) is 6.87. The van der Waals surface area contributed by atoms with E-state index in [1.165, 1.54) is 16.7 Å². The van der Waals surface area contributed by atoms with Gasteiger partial charge in [-0.2, -0.15) is 0 Å². The molecule has 3 heterocycles. The molecule has 0 aliphatic carbocycles. The molecule has 41 heavy (non-hydrogen) atoms. The Hall–Kier alpha value is -3.68. The molecule has 3 aromatic carbocycles. The summed E-state index contributed by atoms with van der Waals surface area (Å²) >= 11 is 0. The van der Waals surface area contributed by atoms with Crippen molar-refractivity contribution in [3.8, 4) is 5.75 Å². The molecule has 5 atom stereocenters. The van der Waals surface area contributed by atoms with E-state index < -0.39 is 5.97 Å². The van der Waals surface area contributed by atoms with Crippen molar-refractivity contribution >= 4 is 11.9 Å². The number of aliphatic carboxylic acids is 1. The zero-order valence-electron chi connectivity index (χ0n) is 24.1. The molecule has 2 bridgehead atoms. The Bertz CT molecular complexity index is 1290. The van der Waals surface area contributed by atoms with Gasteiger partial charge in [0.05, 0.1) is 13.0 Å². The van der Waals surface area contributed by atoms with E-state index in [4.69, 9.17) is 4.74 Å². The maximum atomic E-state index is 13.3. The first kappa shape index (κ1) is 28.8. The van der Waals surface area contributed by atoms with Crippen molar-refractivity contribution in [1.29, 1.82) is 0 Å². The third-order valence-electron chi connectivity index (χ3n) is 8.86. The summed E-state index contributed by atoms with van der Waals surface area (Å²) in [5, 5.41) is 15.8. The largest absolute Gasteiger partial charge is 0.496 e. The molecule has 216 valence electrons. The van der Waals surface area contributed by atoms with Crippen LogP contribution in [0.1, 0.15) is 54.4 Å². The maximum absolute atomic E-state index is 13.3. The molecule has 3 aliphatic heterocycles. The molecule has 7 nitrogen and oxygen atoms in total. The standard InChI is InChI=1S/C34H41N3O4/c1-22(2)25-14-15-29(41-3)26(18-25)19-35-32-27-16-17-37(21-28(27)34(40)36-20-30(38)39)33(32)31(23-10-6-4-7-11-23)24-12-8-5-9-13-24/h4-15,18,22,27-28,31-33,35H,16-17,19-21H2,1-3H3,(H,36,40)(H,38,39)/t27-,28-,32-,33-/m0/s1. The number of carbonyl (C=O) groups is 2. The molecule has 3 N–H and O–H groups in total. The molecule has 3 aromatic rings. The van der Waals surface area contributed by atoms with Crippen LogP contribution in [0.3, 0.4) is 0 Å². The average Bonchev–Trinajstić information content (AvgIpc) is 3.00. The van der Waals surface area contributed by atoms with Gasteiger partial charge in [-0.25, -0.2) is 0 Å². The second-order valence-corrected chi connectivity index (χ2v) is 11.6. The highest BCUT2D eigenvalue weighted by molar-refractivity contribution is 5.83. The number of carbonyl (C=O) groups excluding carboxylic acids is 1. The topological polar surface area (TPSA) is 90.9 Å². The van der Waals surface area contributed by atoms with Gasteiger partial charge in [0.2, 0.25) is 5.91 Å². The molecule has 6 rings (SSSR count). The number of fused-ring (bicyclic) bond motifs is 3. The van der Waals surface area contributed by atoms with Crippen LogP contribution >= 0.6 is 0 Å². The highest BCUT2D eigenvalue weighted by Crippen LogP contribution is 2.44. The number of nitrogens with zero attached hydrogens (tertiary/aromatic N) is 1. The number of carboxylic acids is 1. The van der Waals surface area contributed by atoms with Crippen molar-refractivity contribution in [2.45, 2.75) is 50.7 Å². The zero-order valence-corrected chi connectivity index (χ0v) is 24.1. The second kappa shape index (κ2) is 12.9. The van der Waals surface area contributed by atoms with Crippen molar-refractivity contribution in [3.63, 3.8) is 0 Å². The van der Waals surface area contributed by atoms with Crippen molar-refractivity contribution in [3.05, 3.63) is 101 Å². The smallest absolute Gasteiger partial charge is 0.322 e. The van der Waals surface area contributed by atoms with E-state index in [1.807, 2.05) is 18.2 Å². The van der Waals surface area contributed by atoms with Crippen LogP contribution < -0.4 is 15.4 Å². The van der Waals surface area contributed by atoms with Crippen molar-refractivity contribution in [2.24, 2.45) is 11.8 Å². The average molecular weight is 556 g/mol. The Kier molecular flexibility index (Phi) is 9.06. The molecule has 0 radical (unpaired) electrons. The summed E-state index contributed by atoms with van der Waals surface area (Å²) in [7, 11) is 1.70. The highest BCUT2D eigenvalue weighted by atomic mass is 16.5. The molecule has 1 amide bonds. The summed E-state index contributed by atoms with van der Waals surface area (Å²) in [5.41, 5.74) is 4.84. The molecule has 0 aromatic heterocycles. The van der Waals surface area contributed by atoms with Gasteiger partial charge in [-0.05, 0) is 47.6 Å². The number of carboxylic acid groups (broad SMARTS) is 1. The van der Waals surface area contributed by atoms with Gasteiger partial charge in [0.25, 0.3) is 0 Å². The Morgan fingerprint density at radius 2 is 1.63 bits per heavy atom. The molecular weight excluding hydrogens is 514 g/mol. The minimum atomic E-state index is -1.03. The lowest BCUT2D eigenvalue weighted by Crippen LogP contribution is -2.69. The second-order valence-electron chi connectivity index (χ2n) is 11.6. The third-order valence-corrected chi connectivity index (χ3v) is 8.86. The normalized spacial score (nSPS) is 23.5. The van der Waals surface area contributed by atoms with E-state index in [-0.39, 0.29) is 42.3 Å². The first-order valence-corrected chi connectivity index (χ1v) is 14.6. The van der Waals surface area contributed by atoms with Crippen LogP contribution in [0.15, 0.2) is 78.9 Å². The summed E-state index contributed by atoms with van der Waals surface area (Å²) in [6.45, 7) is 6.13. The third kappa shape index (κ3) is 6.31. The summed E-state index contributed by atoms with van der Waals surface area (Å²) in [4.78, 5) is 27.0. The number of ether oxygens (including phenoxy) is 1. The highest BCUT2D eigenvalue weighted by Gasteiger charge is 2.52. The van der Waals surface area contributed by atoms with Gasteiger partial charge in [0, 0.05) is 36.7 Å². The molecule has 3 aliphatic rings. The SMILES string of the molecule is COc1ccc(C(C)C)cc1CN[C@H]1[C@H]2CCN(C[C@@H]2C(=O)NCC(=O)O)[C@H]1C(c1ccccc1)c1ccccc1. The molecule has 0 spiro atoms. The van der Waals surface area contributed by atoms with Gasteiger partial charge in [-0.1, -0.05) is 86.6 Å². The number of benzene rings is 3. The van der Waals surface area contributed by atoms with E-state index in [0.717, 1.165) is 24.3 Å². The minimum Gasteiger partial charge on any atom is -0.496 e. The summed E-state index contributed by atoms with van der Waals surface area (Å²) in [6.07, 6.45) is 0.874. The van der Waals surface area contributed by atoms with E-state index >= 15 is 0 Å². The fourth-order valence-electron chi connectivity index (χ4n) is 6.87. The number of hydrogen-bond acceptors (Lipinski definition) is 5. The van der Waals surface area contributed by atoms with Crippen LogP contribution in [-0.2, 0) is 16.1 Å². The Morgan fingerprint density at radius 1 is 0.976 bits per heavy atom. The van der Waals surface area contributed by atoms with Crippen LogP contribution in [-0.4, -0.2) is 60.7 Å². The molecule has 7 heteroatoms. The van der Waals surface area contributed by atoms with Crippen LogP contribution in [0, 0.1) is 11.8 Å². The van der Waals surface area contributed by atoms with E-state index in [0.29, 0.717) is 19.0 Å². The van der Waals surface area contributed by atoms with Gasteiger partial charge in [0.1, 0.15) is 12.3 Å². The van der Waals surface area contributed by atoms with Gasteiger partial charge in [-0.15, -0.1) is 0 Å². The summed E-state index contributed by atoms with van der Waals surface area (Å²) in [6, 6.07) is 27.7. The molecular formula is C34H41N3O4. The number of piperidine rings is 3. The number of nitrogens with one attached hydrogen (secondary N) is 2. The summed E-state index contributed by atoms with van der Waals surface area (Å²) < 4.78 is 5.74. The van der Waals surface area contributed by atoms with Gasteiger partial charge >= 0.3 is 5.97 Å². The number of amides is 1. The lowest BCUT2D eigenvalue weighted by molar-refractivity contribution is -0.141. The van der Waals surface area contributed by atoms with Crippen LogP contribution in [0.5, 0.6) is 5.75 Å². The maximum Gasteiger partial charge on any atom is 0.322 e. The quantitative estimate of drug-likeness (QED) is 0.320. The lowest BCUT2D eigenvalue weighted by atomic mass is 9.66. The minimum absolute atomic E-state index is 0.00379. The van der Waals surface area contributed by atoms with Crippen molar-refractivity contribution in [2.75, 3.05) is 26.7 Å².